The fourth-order valence-electron chi connectivity index (χ4n) is 1.69. The summed E-state index contributed by atoms with van der Waals surface area (Å²) in [4.78, 5) is 48.2. The summed E-state index contributed by atoms with van der Waals surface area (Å²) in [5, 5.41) is 11.7. The third-order valence-electron chi connectivity index (χ3n) is 2.72. The number of nitrogens with zero attached hydrogens (tertiary/aromatic N) is 1. The maximum Gasteiger partial charge on any atom is 0.328 e. The van der Waals surface area contributed by atoms with E-state index in [2.05, 4.69) is 10.6 Å². The number of likely N-dealkylation sites (N-methyl/N-ethyl adjacent to an activating group) is 1. The molecule has 0 heterocycles. The molecular formula is C15H26N4O5. The molecule has 0 unspecified atom stereocenters. The molecule has 0 spiro atoms. The van der Waals surface area contributed by atoms with Gasteiger partial charge in [0.05, 0.1) is 25.4 Å². The van der Waals surface area contributed by atoms with Gasteiger partial charge in [0.1, 0.15) is 6.04 Å². The molecule has 0 radical (unpaired) electrons. The van der Waals surface area contributed by atoms with Crippen LogP contribution in [0.4, 0.5) is 0 Å². The minimum atomic E-state index is -1.01. The summed E-state index contributed by atoms with van der Waals surface area (Å²) in [5.41, 5.74) is 0. The van der Waals surface area contributed by atoms with E-state index in [0.717, 1.165) is 0 Å². The highest BCUT2D eigenvalue weighted by Gasteiger charge is 2.24. The number of hydrogen-bond donors (Lipinski definition) is 3. The Kier molecular flexibility index (Phi) is 10.2. The van der Waals surface area contributed by atoms with Crippen molar-refractivity contribution in [2.45, 2.75) is 38.8 Å². The van der Waals surface area contributed by atoms with Crippen LogP contribution in [0.15, 0.2) is 0 Å². The normalized spacial score (nSPS) is 11.8. The van der Waals surface area contributed by atoms with Crippen LogP contribution in [0.3, 0.4) is 0 Å². The number of amides is 2. The Bertz CT molecular complexity index is 476. The van der Waals surface area contributed by atoms with E-state index < -0.39 is 23.7 Å². The Labute approximate surface area is 141 Å². The lowest BCUT2D eigenvalue weighted by Crippen LogP contribution is -2.47. The standard InChI is InChI=1S/C15H26N4O5/c1-10(2)24-15(23)12(6-5-11(20)7-16)18-13(21)8-17-14(22)9-19(3)4/h7,10,12,16H,5-6,8-9H2,1-4H3,(H,17,22)(H,18,21)/t12-/m0/s1. The molecular weight excluding hydrogens is 316 g/mol. The van der Waals surface area contributed by atoms with Crippen LogP contribution in [0.2, 0.25) is 0 Å². The Morgan fingerprint density at radius 1 is 1.17 bits per heavy atom. The summed E-state index contributed by atoms with van der Waals surface area (Å²) >= 11 is 0. The number of carbonyl (C=O) groups excluding carboxylic acids is 4. The van der Waals surface area contributed by atoms with Crippen molar-refractivity contribution < 1.29 is 23.9 Å². The molecule has 24 heavy (non-hydrogen) atoms. The first-order valence-corrected chi connectivity index (χ1v) is 7.60. The summed E-state index contributed by atoms with van der Waals surface area (Å²) in [5.74, 6) is -1.99. The highest BCUT2D eigenvalue weighted by molar-refractivity contribution is 6.26. The van der Waals surface area contributed by atoms with Crippen molar-refractivity contribution in [3.63, 3.8) is 0 Å². The monoisotopic (exact) mass is 342 g/mol. The first kappa shape index (κ1) is 21.7. The van der Waals surface area contributed by atoms with E-state index in [1.54, 1.807) is 32.8 Å². The Morgan fingerprint density at radius 2 is 1.79 bits per heavy atom. The molecule has 0 aliphatic rings. The number of esters is 1. The molecule has 9 heteroatoms. The van der Waals surface area contributed by atoms with Crippen LogP contribution >= 0.6 is 0 Å². The smallest absolute Gasteiger partial charge is 0.328 e. The third kappa shape index (κ3) is 10.4. The van der Waals surface area contributed by atoms with Crippen LogP contribution in [0.5, 0.6) is 0 Å². The van der Waals surface area contributed by atoms with E-state index in [9.17, 15) is 19.2 Å². The number of nitrogens with one attached hydrogen (secondary N) is 3. The van der Waals surface area contributed by atoms with Crippen molar-refractivity contribution in [3.8, 4) is 0 Å². The van der Waals surface area contributed by atoms with E-state index in [4.69, 9.17) is 10.1 Å². The van der Waals surface area contributed by atoms with Gasteiger partial charge < -0.3 is 25.7 Å². The highest BCUT2D eigenvalue weighted by Crippen LogP contribution is 2.03. The van der Waals surface area contributed by atoms with Crippen LogP contribution in [-0.4, -0.2) is 74.0 Å². The van der Waals surface area contributed by atoms with E-state index in [-0.39, 0.29) is 37.9 Å². The molecule has 0 aromatic heterocycles. The number of rotatable bonds is 11. The Hall–Kier alpha value is -2.29. The third-order valence-corrected chi connectivity index (χ3v) is 2.72. The van der Waals surface area contributed by atoms with Crippen LogP contribution in [-0.2, 0) is 23.9 Å². The van der Waals surface area contributed by atoms with E-state index >= 15 is 0 Å². The maximum absolute atomic E-state index is 12.0. The lowest BCUT2D eigenvalue weighted by atomic mass is 10.1. The zero-order chi connectivity index (χ0) is 18.7. The van der Waals surface area contributed by atoms with Gasteiger partial charge in [-0.1, -0.05) is 0 Å². The van der Waals surface area contributed by atoms with Crippen LogP contribution in [0, 0.1) is 5.41 Å². The second-order valence-electron chi connectivity index (χ2n) is 5.77. The maximum atomic E-state index is 12.0. The lowest BCUT2D eigenvalue weighted by molar-refractivity contribution is -0.151. The van der Waals surface area contributed by atoms with E-state index in [1.807, 2.05) is 0 Å². The molecule has 136 valence electrons. The predicted molar refractivity (Wildman–Crippen MR) is 87.7 cm³/mol. The molecule has 0 rings (SSSR count). The van der Waals surface area contributed by atoms with Gasteiger partial charge in [0.2, 0.25) is 11.8 Å². The molecule has 0 bridgehead atoms. The minimum Gasteiger partial charge on any atom is -0.461 e. The average Bonchev–Trinajstić information content (AvgIpc) is 2.47. The van der Waals surface area contributed by atoms with Crippen molar-refractivity contribution in [2.75, 3.05) is 27.2 Å². The molecule has 0 aromatic carbocycles. The first-order valence-electron chi connectivity index (χ1n) is 7.60. The number of hydrogen-bond acceptors (Lipinski definition) is 7. The minimum absolute atomic E-state index is 0.0250. The van der Waals surface area contributed by atoms with Gasteiger partial charge in [-0.15, -0.1) is 0 Å². The molecule has 3 N–H and O–H groups in total. The Balaban J connectivity index is 4.58. The van der Waals surface area contributed by atoms with Crippen molar-refractivity contribution in [1.29, 1.82) is 5.41 Å². The molecule has 9 nitrogen and oxygen atoms in total. The summed E-state index contributed by atoms with van der Waals surface area (Å²) in [6.45, 7) is 3.19. The van der Waals surface area contributed by atoms with E-state index in [1.165, 1.54) is 0 Å². The van der Waals surface area contributed by atoms with Crippen molar-refractivity contribution in [2.24, 2.45) is 0 Å². The van der Waals surface area contributed by atoms with Crippen molar-refractivity contribution in [3.05, 3.63) is 0 Å². The zero-order valence-corrected chi connectivity index (χ0v) is 14.5. The largest absolute Gasteiger partial charge is 0.461 e. The van der Waals surface area contributed by atoms with Gasteiger partial charge in [0.25, 0.3) is 0 Å². The summed E-state index contributed by atoms with van der Waals surface area (Å²) < 4.78 is 5.04. The number of carbonyl (C=O) groups is 4. The van der Waals surface area contributed by atoms with Gasteiger partial charge in [0, 0.05) is 6.42 Å². The van der Waals surface area contributed by atoms with Crippen LogP contribution in [0.25, 0.3) is 0 Å². The Morgan fingerprint density at radius 3 is 2.29 bits per heavy atom. The van der Waals surface area contributed by atoms with Gasteiger partial charge in [-0.25, -0.2) is 4.79 Å². The van der Waals surface area contributed by atoms with Gasteiger partial charge in [-0.05, 0) is 34.4 Å². The predicted octanol–water partition coefficient (Wildman–Crippen LogP) is -0.901. The van der Waals surface area contributed by atoms with Crippen LogP contribution in [0.1, 0.15) is 26.7 Å². The van der Waals surface area contributed by atoms with Gasteiger partial charge in [0.15, 0.2) is 5.78 Å². The molecule has 1 atom stereocenters. The molecule has 2 amide bonds. The second-order valence-corrected chi connectivity index (χ2v) is 5.77. The molecule has 0 aliphatic heterocycles. The number of ether oxygens (including phenoxy) is 1. The number of Topliss-reactive ketones (excluding diaryl/α,β-unsaturated/α-hetero) is 1. The molecule has 0 saturated heterocycles. The fourth-order valence-corrected chi connectivity index (χ4v) is 1.69. The van der Waals surface area contributed by atoms with Gasteiger partial charge in [-0.2, -0.15) is 0 Å². The summed E-state index contributed by atoms with van der Waals surface area (Å²) in [6, 6.07) is -1.01. The fraction of sp³-hybridized carbons (Fsp3) is 0.667. The molecule has 0 aromatic rings. The highest BCUT2D eigenvalue weighted by atomic mass is 16.5. The molecule has 0 saturated carbocycles. The quantitative estimate of drug-likeness (QED) is 0.330. The van der Waals surface area contributed by atoms with Crippen molar-refractivity contribution in [1.82, 2.24) is 15.5 Å². The summed E-state index contributed by atoms with van der Waals surface area (Å²) in [7, 11) is 3.44. The van der Waals surface area contributed by atoms with Gasteiger partial charge in [-0.3, -0.25) is 14.4 Å². The second kappa shape index (κ2) is 11.3. The topological polar surface area (TPSA) is 129 Å². The lowest BCUT2D eigenvalue weighted by Gasteiger charge is -2.19. The van der Waals surface area contributed by atoms with Crippen LogP contribution < -0.4 is 10.6 Å². The first-order chi connectivity index (χ1) is 11.1. The van der Waals surface area contributed by atoms with Crippen molar-refractivity contribution >= 4 is 29.8 Å². The zero-order valence-electron chi connectivity index (χ0n) is 14.5. The SMILES string of the molecule is CC(C)OC(=O)[C@H](CCC(=O)C=N)NC(=O)CNC(=O)CN(C)C. The summed E-state index contributed by atoms with van der Waals surface area (Å²) in [6.07, 6.45) is 0.259. The molecule has 0 fully saturated rings. The van der Waals surface area contributed by atoms with E-state index in [0.29, 0.717) is 6.21 Å². The van der Waals surface area contributed by atoms with Gasteiger partial charge >= 0.3 is 5.97 Å². The number of ketones is 1. The average molecular weight is 342 g/mol. The molecule has 0 aliphatic carbocycles.